The van der Waals surface area contributed by atoms with Crippen molar-refractivity contribution in [3.05, 3.63) is 62.8 Å². The Labute approximate surface area is 128 Å². The average Bonchev–Trinajstić information content (AvgIpc) is 2.42. The summed E-state index contributed by atoms with van der Waals surface area (Å²) in [4.78, 5) is 11.9. The van der Waals surface area contributed by atoms with E-state index in [2.05, 4.69) is 15.9 Å². The molecule has 2 rings (SSSR count). The van der Waals surface area contributed by atoms with Crippen molar-refractivity contribution in [2.24, 2.45) is 0 Å². The number of anilines is 1. The van der Waals surface area contributed by atoms with E-state index in [4.69, 9.17) is 22.1 Å². The molecule has 20 heavy (non-hydrogen) atoms. The average molecular weight is 359 g/mol. The van der Waals surface area contributed by atoms with Crippen LogP contribution in [0.15, 0.2) is 40.9 Å². The first-order valence-electron chi connectivity index (χ1n) is 5.64. The van der Waals surface area contributed by atoms with Gasteiger partial charge in [-0.05, 0) is 30.3 Å². The summed E-state index contributed by atoms with van der Waals surface area (Å²) >= 11 is 9.14. The van der Waals surface area contributed by atoms with Crippen molar-refractivity contribution in [2.75, 3.05) is 5.73 Å². The number of carbonyl (C=O) groups is 1. The van der Waals surface area contributed by atoms with Gasteiger partial charge in [-0.3, -0.25) is 0 Å². The molecule has 0 heterocycles. The number of hydrogen-bond donors (Lipinski definition) is 1. The zero-order valence-corrected chi connectivity index (χ0v) is 12.5. The van der Waals surface area contributed by atoms with Crippen LogP contribution < -0.4 is 5.73 Å². The first-order chi connectivity index (χ1) is 9.49. The van der Waals surface area contributed by atoms with Crippen molar-refractivity contribution >= 4 is 39.2 Å². The van der Waals surface area contributed by atoms with Crippen LogP contribution in [0.1, 0.15) is 15.9 Å². The molecular weight excluding hydrogens is 349 g/mol. The van der Waals surface area contributed by atoms with Crippen molar-refractivity contribution in [3.63, 3.8) is 0 Å². The zero-order valence-electron chi connectivity index (χ0n) is 10.2. The molecule has 2 aromatic rings. The molecule has 104 valence electrons. The second-order valence-corrected chi connectivity index (χ2v) is 5.31. The fourth-order valence-corrected chi connectivity index (χ4v) is 2.19. The number of hydrogen-bond acceptors (Lipinski definition) is 3. The van der Waals surface area contributed by atoms with Gasteiger partial charge in [-0.1, -0.05) is 33.6 Å². The zero-order chi connectivity index (χ0) is 14.7. The molecular formula is C14H10BrClFNO2. The van der Waals surface area contributed by atoms with Crippen LogP contribution in [-0.4, -0.2) is 5.97 Å². The molecule has 0 aliphatic heterocycles. The largest absolute Gasteiger partial charge is 0.457 e. The second-order valence-electron chi connectivity index (χ2n) is 4.02. The number of carbonyl (C=O) groups excluding carboxylic acids is 1. The maximum Gasteiger partial charge on any atom is 0.340 e. The van der Waals surface area contributed by atoms with Crippen LogP contribution >= 0.6 is 27.5 Å². The fourth-order valence-electron chi connectivity index (χ4n) is 1.58. The van der Waals surface area contributed by atoms with Crippen molar-refractivity contribution in [3.8, 4) is 0 Å². The van der Waals surface area contributed by atoms with E-state index in [9.17, 15) is 9.18 Å². The van der Waals surface area contributed by atoms with E-state index in [1.54, 1.807) is 24.3 Å². The monoisotopic (exact) mass is 357 g/mol. The second kappa shape index (κ2) is 6.24. The highest BCUT2D eigenvalue weighted by atomic mass is 79.9. The summed E-state index contributed by atoms with van der Waals surface area (Å²) in [6, 6.07) is 9.07. The Morgan fingerprint density at radius 1 is 1.35 bits per heavy atom. The molecule has 0 aliphatic rings. The predicted molar refractivity (Wildman–Crippen MR) is 79.1 cm³/mol. The van der Waals surface area contributed by atoms with Gasteiger partial charge in [0.25, 0.3) is 0 Å². The smallest absolute Gasteiger partial charge is 0.340 e. The van der Waals surface area contributed by atoms with Gasteiger partial charge in [0.15, 0.2) is 0 Å². The summed E-state index contributed by atoms with van der Waals surface area (Å²) in [5, 5.41) is 0.132. The number of halogens is 3. The van der Waals surface area contributed by atoms with Crippen LogP contribution in [0.5, 0.6) is 0 Å². The third-order valence-corrected chi connectivity index (χ3v) is 3.53. The third-order valence-electron chi connectivity index (χ3n) is 2.62. The molecule has 0 fully saturated rings. The molecule has 0 amide bonds. The number of nitrogen functional groups attached to an aromatic ring is 1. The molecule has 0 spiro atoms. The number of benzene rings is 2. The lowest BCUT2D eigenvalue weighted by atomic mass is 10.2. The van der Waals surface area contributed by atoms with Gasteiger partial charge in [-0.15, -0.1) is 0 Å². The highest BCUT2D eigenvalue weighted by Gasteiger charge is 2.14. The number of rotatable bonds is 3. The molecule has 3 nitrogen and oxygen atoms in total. The Bertz CT molecular complexity index is 664. The van der Waals surface area contributed by atoms with Crippen molar-refractivity contribution < 1.29 is 13.9 Å². The topological polar surface area (TPSA) is 52.3 Å². The fraction of sp³-hybridized carbons (Fsp3) is 0.0714. The van der Waals surface area contributed by atoms with Gasteiger partial charge in [-0.2, -0.15) is 0 Å². The minimum Gasteiger partial charge on any atom is -0.457 e. The lowest BCUT2D eigenvalue weighted by Gasteiger charge is -2.08. The van der Waals surface area contributed by atoms with Crippen LogP contribution in [0.25, 0.3) is 0 Å². The van der Waals surface area contributed by atoms with E-state index >= 15 is 0 Å². The third kappa shape index (κ3) is 3.29. The van der Waals surface area contributed by atoms with Crippen LogP contribution in [0.2, 0.25) is 5.02 Å². The Balaban J connectivity index is 2.13. The van der Waals surface area contributed by atoms with Gasteiger partial charge >= 0.3 is 5.97 Å². The van der Waals surface area contributed by atoms with Gasteiger partial charge in [-0.25, -0.2) is 9.18 Å². The van der Waals surface area contributed by atoms with Gasteiger partial charge < -0.3 is 10.5 Å². The Morgan fingerprint density at radius 3 is 2.85 bits per heavy atom. The molecule has 0 saturated carbocycles. The molecule has 0 aromatic heterocycles. The summed E-state index contributed by atoms with van der Waals surface area (Å²) in [7, 11) is 0. The van der Waals surface area contributed by atoms with Crippen LogP contribution in [-0.2, 0) is 11.3 Å². The molecule has 2 aromatic carbocycles. The van der Waals surface area contributed by atoms with E-state index in [0.717, 1.165) is 0 Å². The molecule has 0 atom stereocenters. The van der Waals surface area contributed by atoms with E-state index in [1.165, 1.54) is 12.1 Å². The lowest BCUT2D eigenvalue weighted by molar-refractivity contribution is 0.0469. The Hall–Kier alpha value is -1.59. The molecule has 0 unspecified atom stereocenters. The molecule has 6 heteroatoms. The standard InChI is InChI=1S/C14H10BrClFNO2/c15-9-4-5-11(17)8(6-9)7-20-14(19)10-2-1-3-12(18)13(10)16/h1-6H,7,18H2. The molecule has 0 saturated heterocycles. The van der Waals surface area contributed by atoms with Crippen molar-refractivity contribution in [1.29, 1.82) is 0 Å². The Morgan fingerprint density at radius 2 is 2.10 bits per heavy atom. The van der Waals surface area contributed by atoms with Crippen molar-refractivity contribution in [1.82, 2.24) is 0 Å². The van der Waals surface area contributed by atoms with Gasteiger partial charge in [0.1, 0.15) is 12.4 Å². The lowest BCUT2D eigenvalue weighted by Crippen LogP contribution is -2.07. The van der Waals surface area contributed by atoms with E-state index in [0.29, 0.717) is 4.47 Å². The maximum absolute atomic E-state index is 13.5. The minimum absolute atomic E-state index is 0.132. The normalized spacial score (nSPS) is 10.3. The summed E-state index contributed by atoms with van der Waals surface area (Å²) in [5.74, 6) is -1.10. The van der Waals surface area contributed by atoms with E-state index in [1.807, 2.05) is 0 Å². The molecule has 2 N–H and O–H groups in total. The molecule has 0 bridgehead atoms. The number of nitrogens with two attached hydrogens (primary N) is 1. The predicted octanol–water partition coefficient (Wildman–Crippen LogP) is 4.18. The first-order valence-corrected chi connectivity index (χ1v) is 6.81. The van der Waals surface area contributed by atoms with Crippen LogP contribution in [0.3, 0.4) is 0 Å². The summed E-state index contributed by atoms with van der Waals surface area (Å²) in [5.41, 5.74) is 6.32. The minimum atomic E-state index is -0.651. The SMILES string of the molecule is Nc1cccc(C(=O)OCc2cc(Br)ccc2F)c1Cl. The molecule has 0 radical (unpaired) electrons. The number of esters is 1. The summed E-state index contributed by atoms with van der Waals surface area (Å²) in [6.07, 6.45) is 0. The quantitative estimate of drug-likeness (QED) is 0.661. The molecule has 0 aliphatic carbocycles. The van der Waals surface area contributed by atoms with Crippen LogP contribution in [0, 0.1) is 5.82 Å². The Kier molecular flexibility index (Phi) is 4.62. The van der Waals surface area contributed by atoms with Gasteiger partial charge in [0.2, 0.25) is 0 Å². The van der Waals surface area contributed by atoms with Crippen LogP contribution in [0.4, 0.5) is 10.1 Å². The van der Waals surface area contributed by atoms with Crippen molar-refractivity contribution in [2.45, 2.75) is 6.61 Å². The highest BCUT2D eigenvalue weighted by Crippen LogP contribution is 2.24. The summed E-state index contributed by atoms with van der Waals surface area (Å²) in [6.45, 7) is -0.185. The number of ether oxygens (including phenoxy) is 1. The van der Waals surface area contributed by atoms with E-state index < -0.39 is 11.8 Å². The van der Waals surface area contributed by atoms with E-state index in [-0.39, 0.29) is 28.4 Å². The maximum atomic E-state index is 13.5. The van der Waals surface area contributed by atoms with Gasteiger partial charge in [0, 0.05) is 10.0 Å². The van der Waals surface area contributed by atoms with Gasteiger partial charge in [0.05, 0.1) is 16.3 Å². The highest BCUT2D eigenvalue weighted by molar-refractivity contribution is 9.10. The summed E-state index contributed by atoms with van der Waals surface area (Å²) < 4.78 is 19.3. The first kappa shape index (κ1) is 14.8.